The number of ether oxygens (including phenoxy) is 1. The average Bonchev–Trinajstić information content (AvgIpc) is 2.67. The third kappa shape index (κ3) is 7.04. The van der Waals surface area contributed by atoms with E-state index in [1.807, 2.05) is 4.90 Å². The highest BCUT2D eigenvalue weighted by molar-refractivity contribution is 5.96. The molecule has 1 aliphatic rings. The predicted octanol–water partition coefficient (Wildman–Crippen LogP) is 3.64. The molecule has 2 N–H and O–H groups in total. The van der Waals surface area contributed by atoms with Gasteiger partial charge in [0.15, 0.2) is 0 Å². The number of likely N-dealkylation sites (tertiary alicyclic amines) is 1. The molecule has 1 saturated heterocycles. The molecule has 0 radical (unpaired) electrons. The van der Waals surface area contributed by atoms with E-state index in [2.05, 4.69) is 17.6 Å². The van der Waals surface area contributed by atoms with Crippen LogP contribution in [0.1, 0.15) is 55.8 Å². The number of rotatable bonds is 9. The topological polar surface area (TPSA) is 70.7 Å². The zero-order chi connectivity index (χ0) is 18.6. The van der Waals surface area contributed by atoms with Crippen molar-refractivity contribution in [1.29, 1.82) is 0 Å². The van der Waals surface area contributed by atoms with Crippen molar-refractivity contribution in [3.8, 4) is 0 Å². The molecule has 1 aliphatic heterocycles. The quantitative estimate of drug-likeness (QED) is 0.660. The maximum absolute atomic E-state index is 12.5. The second-order valence-corrected chi connectivity index (χ2v) is 6.63. The van der Waals surface area contributed by atoms with Gasteiger partial charge in [-0.05, 0) is 50.3 Å². The summed E-state index contributed by atoms with van der Waals surface area (Å²) in [5.41, 5.74) is 1.25. The van der Waals surface area contributed by atoms with E-state index in [0.29, 0.717) is 24.4 Å². The fourth-order valence-corrected chi connectivity index (χ4v) is 2.91. The molecule has 0 aromatic heterocycles. The van der Waals surface area contributed by atoms with Crippen molar-refractivity contribution >= 4 is 17.6 Å². The third-order valence-electron chi connectivity index (χ3n) is 4.40. The Hall–Kier alpha value is -2.08. The first-order valence-electron chi connectivity index (χ1n) is 9.72. The summed E-state index contributed by atoms with van der Waals surface area (Å²) in [6.07, 6.45) is 6.29. The highest BCUT2D eigenvalue weighted by atomic mass is 16.5. The molecular formula is C20H31N3O3. The van der Waals surface area contributed by atoms with Crippen molar-refractivity contribution in [2.75, 3.05) is 38.2 Å². The first-order chi connectivity index (χ1) is 12.7. The Morgan fingerprint density at radius 2 is 1.88 bits per heavy atom. The lowest BCUT2D eigenvalue weighted by atomic mass is 10.1. The van der Waals surface area contributed by atoms with Crippen molar-refractivity contribution in [3.05, 3.63) is 29.8 Å². The number of amides is 3. The van der Waals surface area contributed by atoms with E-state index in [9.17, 15) is 9.59 Å². The van der Waals surface area contributed by atoms with Gasteiger partial charge in [-0.25, -0.2) is 4.79 Å². The van der Waals surface area contributed by atoms with Gasteiger partial charge in [-0.15, -0.1) is 0 Å². The lowest BCUT2D eigenvalue weighted by Gasteiger charge is -2.26. The molecule has 1 fully saturated rings. The van der Waals surface area contributed by atoms with Gasteiger partial charge in [0.1, 0.15) is 0 Å². The molecule has 1 aromatic carbocycles. The lowest BCUT2D eigenvalue weighted by molar-refractivity contribution is 0.0724. The smallest absolute Gasteiger partial charge is 0.319 e. The average molecular weight is 361 g/mol. The predicted molar refractivity (Wildman–Crippen MR) is 104 cm³/mol. The summed E-state index contributed by atoms with van der Waals surface area (Å²) in [6, 6.07) is 6.87. The van der Waals surface area contributed by atoms with Crippen LogP contribution in [-0.2, 0) is 4.74 Å². The van der Waals surface area contributed by atoms with Gasteiger partial charge in [-0.3, -0.25) is 4.79 Å². The Morgan fingerprint density at radius 1 is 1.12 bits per heavy atom. The standard InChI is InChI=1S/C20H31N3O3/c1-2-3-14-26-15-8-11-21-20(25)22-18-10-7-9-17(16-18)19(24)23-12-5-4-6-13-23/h7,9-10,16H,2-6,8,11-15H2,1H3,(H2,21,22,25). The second-order valence-electron chi connectivity index (χ2n) is 6.63. The van der Waals surface area contributed by atoms with E-state index < -0.39 is 0 Å². The van der Waals surface area contributed by atoms with Crippen LogP contribution in [0.3, 0.4) is 0 Å². The van der Waals surface area contributed by atoms with E-state index in [4.69, 9.17) is 4.74 Å². The lowest BCUT2D eigenvalue weighted by Crippen LogP contribution is -2.35. The number of urea groups is 1. The first-order valence-corrected chi connectivity index (χ1v) is 9.72. The summed E-state index contributed by atoms with van der Waals surface area (Å²) >= 11 is 0. The molecule has 1 aromatic rings. The van der Waals surface area contributed by atoms with Gasteiger partial charge in [0.2, 0.25) is 0 Å². The van der Waals surface area contributed by atoms with Crippen molar-refractivity contribution < 1.29 is 14.3 Å². The SMILES string of the molecule is CCCCOCCCNC(=O)Nc1cccc(C(=O)N2CCCCC2)c1. The molecule has 0 unspecified atom stereocenters. The van der Waals surface area contributed by atoms with E-state index >= 15 is 0 Å². The van der Waals surface area contributed by atoms with E-state index in [1.54, 1.807) is 24.3 Å². The summed E-state index contributed by atoms with van der Waals surface area (Å²) in [5, 5.41) is 5.60. The molecule has 2 rings (SSSR count). The number of benzene rings is 1. The first kappa shape index (κ1) is 20.2. The van der Waals surface area contributed by atoms with Gasteiger partial charge in [0, 0.05) is 44.1 Å². The minimum atomic E-state index is -0.263. The highest BCUT2D eigenvalue weighted by Gasteiger charge is 2.18. The van der Waals surface area contributed by atoms with Gasteiger partial charge < -0.3 is 20.3 Å². The summed E-state index contributed by atoms with van der Waals surface area (Å²) in [7, 11) is 0. The van der Waals surface area contributed by atoms with Crippen LogP contribution in [0.25, 0.3) is 0 Å². The van der Waals surface area contributed by atoms with Gasteiger partial charge in [0.05, 0.1) is 0 Å². The van der Waals surface area contributed by atoms with Crippen LogP contribution in [0, 0.1) is 0 Å². The molecule has 3 amide bonds. The van der Waals surface area contributed by atoms with Crippen LogP contribution in [0.15, 0.2) is 24.3 Å². The number of hydrogen-bond donors (Lipinski definition) is 2. The molecule has 6 nitrogen and oxygen atoms in total. The molecule has 0 aliphatic carbocycles. The Morgan fingerprint density at radius 3 is 2.65 bits per heavy atom. The monoisotopic (exact) mass is 361 g/mol. The van der Waals surface area contributed by atoms with Crippen LogP contribution in [-0.4, -0.2) is 49.7 Å². The fraction of sp³-hybridized carbons (Fsp3) is 0.600. The molecule has 0 atom stereocenters. The van der Waals surface area contributed by atoms with Crippen molar-refractivity contribution in [3.63, 3.8) is 0 Å². The molecule has 0 bridgehead atoms. The maximum Gasteiger partial charge on any atom is 0.319 e. The Labute approximate surface area is 156 Å². The van der Waals surface area contributed by atoms with E-state index in [-0.39, 0.29) is 11.9 Å². The minimum absolute atomic E-state index is 0.0398. The van der Waals surface area contributed by atoms with E-state index in [0.717, 1.165) is 51.8 Å². The van der Waals surface area contributed by atoms with Gasteiger partial charge in [0.25, 0.3) is 5.91 Å². The van der Waals surface area contributed by atoms with Crippen LogP contribution >= 0.6 is 0 Å². The summed E-state index contributed by atoms with van der Waals surface area (Å²) in [5.74, 6) is 0.0398. The number of anilines is 1. The summed E-state index contributed by atoms with van der Waals surface area (Å²) < 4.78 is 5.46. The summed E-state index contributed by atoms with van der Waals surface area (Å²) in [4.78, 5) is 26.4. The number of hydrogen-bond acceptors (Lipinski definition) is 3. The van der Waals surface area contributed by atoms with Crippen molar-refractivity contribution in [2.45, 2.75) is 45.4 Å². The van der Waals surface area contributed by atoms with Crippen molar-refractivity contribution in [1.82, 2.24) is 10.2 Å². The molecule has 0 saturated carbocycles. The number of nitrogens with one attached hydrogen (secondary N) is 2. The Balaban J connectivity index is 1.73. The summed E-state index contributed by atoms with van der Waals surface area (Å²) in [6.45, 7) is 5.75. The molecule has 0 spiro atoms. The number of piperidine rings is 1. The minimum Gasteiger partial charge on any atom is -0.381 e. The normalized spacial score (nSPS) is 14.1. The maximum atomic E-state index is 12.5. The molecule has 6 heteroatoms. The van der Waals surface area contributed by atoms with Crippen molar-refractivity contribution in [2.24, 2.45) is 0 Å². The largest absolute Gasteiger partial charge is 0.381 e. The van der Waals surface area contributed by atoms with Crippen LogP contribution in [0.4, 0.5) is 10.5 Å². The number of carbonyl (C=O) groups excluding carboxylic acids is 2. The van der Waals surface area contributed by atoms with Gasteiger partial charge >= 0.3 is 6.03 Å². The van der Waals surface area contributed by atoms with Gasteiger partial charge in [-0.1, -0.05) is 19.4 Å². The number of unbranched alkanes of at least 4 members (excludes halogenated alkanes) is 1. The van der Waals surface area contributed by atoms with Crippen LogP contribution in [0.2, 0.25) is 0 Å². The second kappa shape index (κ2) is 11.5. The van der Waals surface area contributed by atoms with Crippen LogP contribution < -0.4 is 10.6 Å². The zero-order valence-electron chi connectivity index (χ0n) is 15.8. The van der Waals surface area contributed by atoms with E-state index in [1.165, 1.54) is 6.42 Å². The zero-order valence-corrected chi connectivity index (χ0v) is 15.8. The number of carbonyl (C=O) groups is 2. The molecule has 144 valence electrons. The van der Waals surface area contributed by atoms with Crippen LogP contribution in [0.5, 0.6) is 0 Å². The number of nitrogens with zero attached hydrogens (tertiary/aromatic N) is 1. The van der Waals surface area contributed by atoms with Gasteiger partial charge in [-0.2, -0.15) is 0 Å². The Bertz CT molecular complexity index is 571. The molecule has 1 heterocycles. The Kier molecular flexibility index (Phi) is 8.96. The molecular weight excluding hydrogens is 330 g/mol. The third-order valence-corrected chi connectivity index (χ3v) is 4.40. The highest BCUT2D eigenvalue weighted by Crippen LogP contribution is 2.16. The fourth-order valence-electron chi connectivity index (χ4n) is 2.91. The molecule has 26 heavy (non-hydrogen) atoms.